The summed E-state index contributed by atoms with van der Waals surface area (Å²) in [6.07, 6.45) is 0.708. The molecule has 0 aliphatic rings. The number of hydrogen-bond donors (Lipinski definition) is 1. The first kappa shape index (κ1) is 26.5. The maximum absolute atomic E-state index is 12.7. The predicted molar refractivity (Wildman–Crippen MR) is 142 cm³/mol. The molecule has 1 N–H and O–H groups in total. The van der Waals surface area contributed by atoms with Gasteiger partial charge in [-0.25, -0.2) is 9.78 Å². The van der Waals surface area contributed by atoms with E-state index in [-0.39, 0.29) is 6.54 Å². The third kappa shape index (κ3) is 7.46. The van der Waals surface area contributed by atoms with Crippen LogP contribution in [0.25, 0.3) is 11.5 Å². The van der Waals surface area contributed by atoms with Crippen LogP contribution in [0.2, 0.25) is 0 Å². The minimum absolute atomic E-state index is 0.0641. The van der Waals surface area contributed by atoms with Gasteiger partial charge in [-0.3, -0.25) is 9.69 Å². The number of ether oxygens (including phenoxy) is 2. The first-order valence-electron chi connectivity index (χ1n) is 12.4. The summed E-state index contributed by atoms with van der Waals surface area (Å²) in [6.45, 7) is 3.87. The Morgan fingerprint density at radius 3 is 2.45 bits per heavy atom. The molecule has 8 nitrogen and oxygen atoms in total. The molecule has 1 aromatic heterocycles. The van der Waals surface area contributed by atoms with Gasteiger partial charge >= 0.3 is 12.1 Å². The molecule has 1 heterocycles. The van der Waals surface area contributed by atoms with Crippen molar-refractivity contribution < 1.29 is 28.6 Å². The number of carbonyl (C=O) groups excluding carboxylic acids is 1. The molecule has 8 heteroatoms. The Morgan fingerprint density at radius 1 is 0.947 bits per heavy atom. The number of carboxylic acid groups (broad SMARTS) is 1. The maximum atomic E-state index is 12.7. The number of oxazole rings is 1. The largest absolute Gasteiger partial charge is 0.494 e. The van der Waals surface area contributed by atoms with Gasteiger partial charge in [0.2, 0.25) is 5.89 Å². The van der Waals surface area contributed by atoms with E-state index in [9.17, 15) is 14.7 Å². The molecule has 0 radical (unpaired) electrons. The van der Waals surface area contributed by atoms with Crippen LogP contribution in [-0.4, -0.2) is 40.2 Å². The molecule has 0 saturated heterocycles. The lowest BCUT2D eigenvalue weighted by atomic mass is 10.2. The van der Waals surface area contributed by atoms with E-state index >= 15 is 0 Å². The van der Waals surface area contributed by atoms with Gasteiger partial charge < -0.3 is 19.0 Å². The van der Waals surface area contributed by atoms with Crippen LogP contribution in [0.3, 0.4) is 0 Å². The van der Waals surface area contributed by atoms with Gasteiger partial charge in [0.15, 0.2) is 0 Å². The van der Waals surface area contributed by atoms with Gasteiger partial charge in [-0.1, -0.05) is 48.0 Å². The highest BCUT2D eigenvalue weighted by Crippen LogP contribution is 2.23. The summed E-state index contributed by atoms with van der Waals surface area (Å²) in [5.41, 5.74) is 3.59. The number of aliphatic carboxylic acids is 1. The number of amides is 1. The molecule has 0 unspecified atom stereocenters. The van der Waals surface area contributed by atoms with Crippen molar-refractivity contribution in [3.8, 4) is 23.0 Å². The first-order chi connectivity index (χ1) is 18.4. The number of carboxylic acids is 1. The predicted octanol–water partition coefficient (Wildman–Crippen LogP) is 6.06. The standard InChI is InChI=1S/C30H30N2O6/c1-21-13-15-25(16-14-21)38-30(35)32(20-28(33)34)19-23-8-6-11-26(18-23)36-17-7-12-27-22(2)37-29(31-27)24-9-4-3-5-10-24/h3-6,8-11,13-16,18H,7,12,17,19-20H2,1-2H3,(H,33,34). The third-order valence-electron chi connectivity index (χ3n) is 5.82. The Hall–Kier alpha value is -4.59. The second-order valence-electron chi connectivity index (χ2n) is 8.92. The molecular weight excluding hydrogens is 484 g/mol. The third-order valence-corrected chi connectivity index (χ3v) is 5.82. The SMILES string of the molecule is Cc1ccc(OC(=O)N(CC(=O)O)Cc2cccc(OCCCc3nc(-c4ccccc4)oc3C)c2)cc1. The maximum Gasteiger partial charge on any atom is 0.416 e. The summed E-state index contributed by atoms with van der Waals surface area (Å²) in [5.74, 6) is 1.26. The van der Waals surface area contributed by atoms with Crippen LogP contribution in [0.5, 0.6) is 11.5 Å². The highest BCUT2D eigenvalue weighted by molar-refractivity contribution is 5.78. The lowest BCUT2D eigenvalue weighted by Crippen LogP contribution is -2.37. The van der Waals surface area contributed by atoms with E-state index in [1.807, 2.05) is 74.5 Å². The van der Waals surface area contributed by atoms with Crippen molar-refractivity contribution in [2.24, 2.45) is 0 Å². The second-order valence-corrected chi connectivity index (χ2v) is 8.92. The molecule has 196 valence electrons. The fourth-order valence-corrected chi connectivity index (χ4v) is 3.87. The van der Waals surface area contributed by atoms with Gasteiger partial charge in [-0.2, -0.15) is 0 Å². The monoisotopic (exact) mass is 514 g/mol. The van der Waals surface area contributed by atoms with Crippen molar-refractivity contribution in [1.29, 1.82) is 0 Å². The molecule has 38 heavy (non-hydrogen) atoms. The Labute approximate surface area is 221 Å². The highest BCUT2D eigenvalue weighted by atomic mass is 16.6. The van der Waals surface area contributed by atoms with Gasteiger partial charge in [-0.15, -0.1) is 0 Å². The van der Waals surface area contributed by atoms with Gasteiger partial charge in [0, 0.05) is 12.1 Å². The smallest absolute Gasteiger partial charge is 0.416 e. The van der Waals surface area contributed by atoms with E-state index in [0.717, 1.165) is 39.5 Å². The molecule has 4 aromatic rings. The van der Waals surface area contributed by atoms with E-state index < -0.39 is 18.6 Å². The molecule has 0 aliphatic heterocycles. The van der Waals surface area contributed by atoms with Gasteiger partial charge in [0.1, 0.15) is 23.8 Å². The number of aryl methyl sites for hydroxylation is 3. The lowest BCUT2D eigenvalue weighted by Gasteiger charge is -2.20. The van der Waals surface area contributed by atoms with Crippen LogP contribution in [0.4, 0.5) is 4.79 Å². The Balaban J connectivity index is 1.32. The summed E-state index contributed by atoms with van der Waals surface area (Å²) >= 11 is 0. The topological polar surface area (TPSA) is 102 Å². The van der Waals surface area contributed by atoms with Gasteiger partial charge in [0.25, 0.3) is 0 Å². The van der Waals surface area contributed by atoms with Crippen molar-refractivity contribution in [1.82, 2.24) is 9.88 Å². The molecule has 0 fully saturated rings. The second kappa shape index (κ2) is 12.6. The number of rotatable bonds is 11. The van der Waals surface area contributed by atoms with Crippen LogP contribution in [0.1, 0.15) is 29.0 Å². The molecule has 0 saturated carbocycles. The van der Waals surface area contributed by atoms with Crippen LogP contribution in [0.15, 0.2) is 83.3 Å². The number of benzene rings is 3. The zero-order valence-corrected chi connectivity index (χ0v) is 21.4. The van der Waals surface area contributed by atoms with Gasteiger partial charge in [-0.05, 0) is 68.7 Å². The molecule has 0 bridgehead atoms. The molecular formula is C30H30N2O6. The lowest BCUT2D eigenvalue weighted by molar-refractivity contribution is -0.138. The van der Waals surface area contributed by atoms with E-state index in [0.29, 0.717) is 30.4 Å². The van der Waals surface area contributed by atoms with E-state index in [4.69, 9.17) is 13.9 Å². The normalized spacial score (nSPS) is 10.7. The number of carbonyl (C=O) groups is 2. The number of nitrogens with zero attached hydrogens (tertiary/aromatic N) is 2. The highest BCUT2D eigenvalue weighted by Gasteiger charge is 2.20. The summed E-state index contributed by atoms with van der Waals surface area (Å²) in [7, 11) is 0. The van der Waals surface area contributed by atoms with Gasteiger partial charge in [0.05, 0.1) is 12.3 Å². The minimum atomic E-state index is -1.13. The van der Waals surface area contributed by atoms with E-state index in [1.165, 1.54) is 0 Å². The summed E-state index contributed by atoms with van der Waals surface area (Å²) in [4.78, 5) is 29.8. The summed E-state index contributed by atoms with van der Waals surface area (Å²) < 4.78 is 17.1. The average molecular weight is 515 g/mol. The van der Waals surface area contributed by atoms with E-state index in [2.05, 4.69) is 4.98 Å². The minimum Gasteiger partial charge on any atom is -0.494 e. The van der Waals surface area contributed by atoms with Crippen molar-refractivity contribution in [2.45, 2.75) is 33.2 Å². The molecule has 0 aliphatic carbocycles. The number of hydrogen-bond acceptors (Lipinski definition) is 6. The summed E-state index contributed by atoms with van der Waals surface area (Å²) in [6, 6.07) is 24.0. The fourth-order valence-electron chi connectivity index (χ4n) is 3.87. The van der Waals surface area contributed by atoms with Crippen molar-refractivity contribution in [3.05, 3.63) is 101 Å². The molecule has 0 spiro atoms. The van der Waals surface area contributed by atoms with Crippen molar-refractivity contribution in [3.63, 3.8) is 0 Å². The Kier molecular flexibility index (Phi) is 8.77. The zero-order valence-electron chi connectivity index (χ0n) is 21.4. The zero-order chi connectivity index (χ0) is 26.9. The van der Waals surface area contributed by atoms with Crippen LogP contribution < -0.4 is 9.47 Å². The first-order valence-corrected chi connectivity index (χ1v) is 12.4. The quantitative estimate of drug-likeness (QED) is 0.243. The fraction of sp³-hybridized carbons (Fsp3) is 0.233. The van der Waals surface area contributed by atoms with Crippen LogP contribution >= 0.6 is 0 Å². The Bertz CT molecular complexity index is 1370. The molecule has 1 amide bonds. The van der Waals surface area contributed by atoms with Crippen molar-refractivity contribution in [2.75, 3.05) is 13.2 Å². The summed E-state index contributed by atoms with van der Waals surface area (Å²) in [5, 5.41) is 9.30. The molecule has 4 rings (SSSR count). The Morgan fingerprint density at radius 2 is 1.71 bits per heavy atom. The van der Waals surface area contributed by atoms with Crippen LogP contribution in [-0.2, 0) is 17.8 Å². The molecule has 0 atom stereocenters. The van der Waals surface area contributed by atoms with Crippen LogP contribution in [0, 0.1) is 13.8 Å². The average Bonchev–Trinajstić information content (AvgIpc) is 3.28. The van der Waals surface area contributed by atoms with Crippen molar-refractivity contribution >= 4 is 12.1 Å². The number of aromatic nitrogens is 1. The molecule has 3 aromatic carbocycles. The van der Waals surface area contributed by atoms with E-state index in [1.54, 1.807) is 18.2 Å².